The van der Waals surface area contributed by atoms with E-state index in [0.717, 1.165) is 57.7 Å². The van der Waals surface area contributed by atoms with Crippen molar-refractivity contribution in [2.45, 2.75) is 38.4 Å². The van der Waals surface area contributed by atoms with Crippen molar-refractivity contribution >= 4 is 17.7 Å². The van der Waals surface area contributed by atoms with E-state index in [1.54, 1.807) is 6.20 Å². The van der Waals surface area contributed by atoms with Crippen LogP contribution in [0, 0.1) is 6.92 Å². The summed E-state index contributed by atoms with van der Waals surface area (Å²) in [6, 6.07) is 8.63. The van der Waals surface area contributed by atoms with Gasteiger partial charge in [0.2, 0.25) is 0 Å². The molecule has 3 aliphatic heterocycles. The first-order valence-corrected chi connectivity index (χ1v) is 10.3. The number of benzene rings is 1. The number of likely N-dealkylation sites (tertiary alicyclic amines) is 1. The van der Waals surface area contributed by atoms with Crippen molar-refractivity contribution in [3.8, 4) is 0 Å². The van der Waals surface area contributed by atoms with E-state index in [1.807, 2.05) is 4.68 Å². The Hall–Kier alpha value is -2.60. The molecule has 0 bridgehead atoms. The summed E-state index contributed by atoms with van der Waals surface area (Å²) in [5.74, 6) is 1.19. The van der Waals surface area contributed by atoms with E-state index < -0.39 is 0 Å². The molecule has 1 N–H and O–H groups in total. The van der Waals surface area contributed by atoms with Crippen LogP contribution in [-0.2, 0) is 6.54 Å². The first-order valence-electron chi connectivity index (χ1n) is 10.3. The van der Waals surface area contributed by atoms with Crippen LogP contribution in [0.2, 0.25) is 0 Å². The normalized spacial score (nSPS) is 20.9. The molecular weight excluding hydrogens is 348 g/mol. The molecule has 0 amide bonds. The number of aryl methyl sites for hydroxylation is 1. The van der Waals surface area contributed by atoms with Gasteiger partial charge in [0, 0.05) is 74.8 Å². The Labute approximate surface area is 166 Å². The molecule has 146 valence electrons. The number of aromatic nitrogens is 2. The van der Waals surface area contributed by atoms with Gasteiger partial charge < -0.3 is 10.2 Å². The molecule has 0 radical (unpaired) electrons. The Morgan fingerprint density at radius 1 is 1.21 bits per heavy atom. The molecule has 0 aliphatic carbocycles. The number of fused-ring (bicyclic) bond motifs is 4. The SMILES string of the molecule is C=Cn1cc(CN2CCC3(CC2)Nc2ccccc2C2=NCCCN23)c(C)n1. The van der Waals surface area contributed by atoms with Gasteiger partial charge in [0.15, 0.2) is 0 Å². The molecule has 2 aromatic rings. The number of rotatable bonds is 3. The Kier molecular flexibility index (Phi) is 4.23. The fourth-order valence-electron chi connectivity index (χ4n) is 4.84. The molecule has 1 spiro atoms. The summed E-state index contributed by atoms with van der Waals surface area (Å²) < 4.78 is 1.81. The lowest BCUT2D eigenvalue weighted by atomic mass is 9.89. The second kappa shape index (κ2) is 6.78. The van der Waals surface area contributed by atoms with E-state index in [0.29, 0.717) is 0 Å². The number of hydrogen-bond donors (Lipinski definition) is 1. The van der Waals surface area contributed by atoms with Crippen molar-refractivity contribution in [1.29, 1.82) is 0 Å². The van der Waals surface area contributed by atoms with Gasteiger partial charge in [0.25, 0.3) is 0 Å². The predicted molar refractivity (Wildman–Crippen MR) is 113 cm³/mol. The molecule has 1 aromatic heterocycles. The summed E-state index contributed by atoms with van der Waals surface area (Å²) in [5.41, 5.74) is 4.86. The van der Waals surface area contributed by atoms with Gasteiger partial charge >= 0.3 is 0 Å². The third kappa shape index (κ3) is 2.83. The molecule has 0 atom stereocenters. The van der Waals surface area contributed by atoms with Crippen molar-refractivity contribution in [1.82, 2.24) is 19.6 Å². The van der Waals surface area contributed by atoms with Crippen molar-refractivity contribution in [2.24, 2.45) is 4.99 Å². The number of amidine groups is 1. The number of piperidine rings is 1. The maximum Gasteiger partial charge on any atom is 0.134 e. The van der Waals surface area contributed by atoms with Crippen molar-refractivity contribution < 1.29 is 0 Å². The first-order chi connectivity index (χ1) is 13.7. The average molecular weight is 377 g/mol. The van der Waals surface area contributed by atoms with E-state index in [2.05, 4.69) is 64.2 Å². The average Bonchev–Trinajstić information content (AvgIpc) is 3.09. The van der Waals surface area contributed by atoms with Crippen LogP contribution in [-0.4, -0.2) is 57.3 Å². The molecule has 0 unspecified atom stereocenters. The Balaban J connectivity index is 1.36. The highest BCUT2D eigenvalue weighted by atomic mass is 15.4. The molecule has 1 aromatic carbocycles. The topological polar surface area (TPSA) is 48.7 Å². The zero-order valence-electron chi connectivity index (χ0n) is 16.6. The van der Waals surface area contributed by atoms with Gasteiger partial charge in [-0.05, 0) is 25.5 Å². The fourth-order valence-corrected chi connectivity index (χ4v) is 4.84. The van der Waals surface area contributed by atoms with Crippen LogP contribution in [0.3, 0.4) is 0 Å². The van der Waals surface area contributed by atoms with Crippen molar-refractivity contribution in [3.63, 3.8) is 0 Å². The maximum atomic E-state index is 4.92. The van der Waals surface area contributed by atoms with Gasteiger partial charge in [-0.25, -0.2) is 4.68 Å². The lowest BCUT2D eigenvalue weighted by molar-refractivity contribution is 0.0799. The first kappa shape index (κ1) is 17.5. The van der Waals surface area contributed by atoms with Crippen molar-refractivity contribution in [3.05, 3.63) is 53.9 Å². The summed E-state index contributed by atoms with van der Waals surface area (Å²) in [6.07, 6.45) is 7.17. The monoisotopic (exact) mass is 376 g/mol. The Morgan fingerprint density at radius 2 is 2.04 bits per heavy atom. The Morgan fingerprint density at radius 3 is 2.82 bits per heavy atom. The lowest BCUT2D eigenvalue weighted by Gasteiger charge is -2.54. The fraction of sp³-hybridized carbons (Fsp3) is 0.455. The van der Waals surface area contributed by atoms with E-state index in [1.165, 1.54) is 22.6 Å². The van der Waals surface area contributed by atoms with Crippen molar-refractivity contribution in [2.75, 3.05) is 31.5 Å². The van der Waals surface area contributed by atoms with E-state index in [-0.39, 0.29) is 5.66 Å². The van der Waals surface area contributed by atoms with Crippen LogP contribution < -0.4 is 5.32 Å². The van der Waals surface area contributed by atoms with E-state index in [9.17, 15) is 0 Å². The van der Waals surface area contributed by atoms with Gasteiger partial charge in [0.1, 0.15) is 11.5 Å². The third-order valence-corrected chi connectivity index (χ3v) is 6.39. The second-order valence-electron chi connectivity index (χ2n) is 8.09. The van der Waals surface area contributed by atoms with Gasteiger partial charge in [-0.15, -0.1) is 0 Å². The largest absolute Gasteiger partial charge is 0.362 e. The van der Waals surface area contributed by atoms with E-state index >= 15 is 0 Å². The smallest absolute Gasteiger partial charge is 0.134 e. The standard InChI is InChI=1S/C22H28N6/c1-3-27-16-18(17(2)25-27)15-26-13-9-22(10-14-26)24-20-8-5-4-7-19(20)21-23-11-6-12-28(21)22/h3-5,7-8,16,24H,1,6,9-15H2,2H3. The molecular formula is C22H28N6. The highest BCUT2D eigenvalue weighted by Gasteiger charge is 2.45. The van der Waals surface area contributed by atoms with Crippen LogP contribution in [0.25, 0.3) is 6.20 Å². The number of anilines is 1. The summed E-state index contributed by atoms with van der Waals surface area (Å²) in [6.45, 7) is 11.0. The molecule has 6 heteroatoms. The lowest BCUT2D eigenvalue weighted by Crippen LogP contribution is -2.65. The zero-order valence-corrected chi connectivity index (χ0v) is 16.6. The quantitative estimate of drug-likeness (QED) is 0.894. The predicted octanol–water partition coefficient (Wildman–Crippen LogP) is 3.16. The zero-order chi connectivity index (χ0) is 19.1. The van der Waals surface area contributed by atoms with Gasteiger partial charge in [-0.1, -0.05) is 18.7 Å². The number of para-hydroxylation sites is 1. The minimum atomic E-state index is -0.00948. The third-order valence-electron chi connectivity index (χ3n) is 6.39. The number of nitrogens with one attached hydrogen (secondary N) is 1. The van der Waals surface area contributed by atoms with Gasteiger partial charge in [0.05, 0.1) is 5.69 Å². The molecule has 28 heavy (non-hydrogen) atoms. The van der Waals surface area contributed by atoms with E-state index in [4.69, 9.17) is 4.99 Å². The molecule has 1 fully saturated rings. The number of aliphatic imine (C=N–C) groups is 1. The minimum absolute atomic E-state index is 0.00948. The van der Waals surface area contributed by atoms with Gasteiger partial charge in [-0.2, -0.15) is 5.10 Å². The minimum Gasteiger partial charge on any atom is -0.362 e. The van der Waals surface area contributed by atoms with Crippen LogP contribution in [0.4, 0.5) is 5.69 Å². The summed E-state index contributed by atoms with van der Waals surface area (Å²) in [7, 11) is 0. The maximum absolute atomic E-state index is 4.92. The summed E-state index contributed by atoms with van der Waals surface area (Å²) in [4.78, 5) is 10.0. The highest BCUT2D eigenvalue weighted by Crippen LogP contribution is 2.39. The molecule has 1 saturated heterocycles. The van der Waals surface area contributed by atoms with Crippen LogP contribution in [0.1, 0.15) is 36.1 Å². The summed E-state index contributed by atoms with van der Waals surface area (Å²) >= 11 is 0. The van der Waals surface area contributed by atoms with Gasteiger partial charge in [-0.3, -0.25) is 9.89 Å². The van der Waals surface area contributed by atoms with Crippen LogP contribution in [0.15, 0.2) is 42.0 Å². The molecule has 5 rings (SSSR count). The molecule has 4 heterocycles. The molecule has 6 nitrogen and oxygen atoms in total. The molecule has 3 aliphatic rings. The second-order valence-corrected chi connectivity index (χ2v) is 8.09. The molecule has 0 saturated carbocycles. The highest BCUT2D eigenvalue weighted by molar-refractivity contribution is 6.06. The van der Waals surface area contributed by atoms with Crippen LogP contribution in [0.5, 0.6) is 0 Å². The van der Waals surface area contributed by atoms with Crippen LogP contribution >= 0.6 is 0 Å². The Bertz CT molecular complexity index is 919. The number of hydrogen-bond acceptors (Lipinski definition) is 5. The summed E-state index contributed by atoms with van der Waals surface area (Å²) in [5, 5.41) is 8.40. The number of nitrogens with zero attached hydrogens (tertiary/aromatic N) is 5.